The Morgan fingerprint density at radius 2 is 1.51 bits per heavy atom. The molecule has 0 radical (unpaired) electrons. The summed E-state index contributed by atoms with van der Waals surface area (Å²) in [5.74, 6) is 0.0399. The van der Waals surface area contributed by atoms with Gasteiger partial charge in [0.25, 0.3) is 5.91 Å². The van der Waals surface area contributed by atoms with Crippen LogP contribution in [0.2, 0.25) is 0 Å². The number of carbonyl (C=O) groups is 2. The highest BCUT2D eigenvalue weighted by Crippen LogP contribution is 2.59. The lowest BCUT2D eigenvalue weighted by molar-refractivity contribution is -0.202. The maximum absolute atomic E-state index is 13.6. The molecule has 2 atom stereocenters. The highest BCUT2D eigenvalue weighted by Gasteiger charge is 2.70. The summed E-state index contributed by atoms with van der Waals surface area (Å²) in [6, 6.07) is 9.89. The predicted octanol–water partition coefficient (Wildman–Crippen LogP) is 3.61. The Morgan fingerprint density at radius 3 is 2.05 bits per heavy atom. The van der Waals surface area contributed by atoms with Gasteiger partial charge in [-0.05, 0) is 57.1 Å². The lowest BCUT2D eigenvalue weighted by atomic mass is 9.70. The third kappa shape index (κ3) is 4.40. The van der Waals surface area contributed by atoms with Gasteiger partial charge in [-0.15, -0.1) is 0 Å². The quantitative estimate of drug-likeness (QED) is 0.559. The lowest BCUT2D eigenvalue weighted by Gasteiger charge is -2.52. The molecule has 4 aliphatic rings. The molecule has 1 saturated carbocycles. The maximum Gasteiger partial charge on any atom is 0.403 e. The number of carbonyl (C=O) groups excluding carboxylic acids is 2. The fourth-order valence-electron chi connectivity index (χ4n) is 7.02. The highest BCUT2D eigenvalue weighted by molar-refractivity contribution is 5.96. The van der Waals surface area contributed by atoms with E-state index in [1.165, 1.54) is 11.2 Å². The number of amides is 2. The monoisotopic (exact) mass is 541 g/mol. The van der Waals surface area contributed by atoms with Crippen molar-refractivity contribution < 1.29 is 22.8 Å². The Balaban J connectivity index is 1.08. The number of hydrogen-bond acceptors (Lipinski definition) is 5. The van der Waals surface area contributed by atoms with Crippen LogP contribution in [0.25, 0.3) is 0 Å². The second-order valence-electron chi connectivity index (χ2n) is 12.0. The third-order valence-corrected chi connectivity index (χ3v) is 9.56. The average molecular weight is 542 g/mol. The Morgan fingerprint density at radius 1 is 0.923 bits per heavy atom. The van der Waals surface area contributed by atoms with Gasteiger partial charge in [-0.1, -0.05) is 30.3 Å². The smallest absolute Gasteiger partial charge is 0.340 e. The van der Waals surface area contributed by atoms with Gasteiger partial charge in [0.15, 0.2) is 0 Å². The van der Waals surface area contributed by atoms with Crippen molar-refractivity contribution in [2.45, 2.75) is 44.7 Å². The summed E-state index contributed by atoms with van der Waals surface area (Å²) < 4.78 is 40.7. The van der Waals surface area contributed by atoms with E-state index < -0.39 is 17.5 Å². The molecule has 1 aliphatic carbocycles. The first-order valence-electron chi connectivity index (χ1n) is 13.7. The van der Waals surface area contributed by atoms with Gasteiger partial charge in [-0.2, -0.15) is 13.2 Å². The van der Waals surface area contributed by atoms with E-state index in [0.29, 0.717) is 55.0 Å². The van der Waals surface area contributed by atoms with E-state index in [1.807, 2.05) is 49.1 Å². The minimum atomic E-state index is -4.48. The summed E-state index contributed by atoms with van der Waals surface area (Å²) in [6.07, 6.45) is -2.42. The van der Waals surface area contributed by atoms with Crippen molar-refractivity contribution in [2.75, 3.05) is 45.8 Å². The number of likely N-dealkylation sites (tertiary alicyclic amines) is 3. The van der Waals surface area contributed by atoms with Crippen molar-refractivity contribution >= 4 is 11.8 Å². The Hall–Kier alpha value is -3.01. The molecule has 6 rings (SSSR count). The van der Waals surface area contributed by atoms with Crippen LogP contribution in [-0.2, 0) is 10.2 Å². The number of rotatable bonds is 6. The van der Waals surface area contributed by atoms with Crippen molar-refractivity contribution in [3.8, 4) is 0 Å². The zero-order chi connectivity index (χ0) is 27.6. The number of hydrogen-bond donors (Lipinski definition) is 0. The van der Waals surface area contributed by atoms with Crippen LogP contribution >= 0.6 is 0 Å². The third-order valence-electron chi connectivity index (χ3n) is 9.56. The molecule has 208 valence electrons. The van der Waals surface area contributed by atoms with E-state index in [1.54, 1.807) is 0 Å². The first kappa shape index (κ1) is 26.2. The summed E-state index contributed by atoms with van der Waals surface area (Å²) in [5.41, 5.74) is 0.593. The van der Waals surface area contributed by atoms with Crippen molar-refractivity contribution in [3.63, 3.8) is 0 Å². The van der Waals surface area contributed by atoms with Crippen molar-refractivity contribution in [3.05, 3.63) is 59.2 Å². The van der Waals surface area contributed by atoms with Crippen LogP contribution in [-0.4, -0.2) is 88.5 Å². The van der Waals surface area contributed by atoms with Crippen molar-refractivity contribution in [1.82, 2.24) is 24.7 Å². The first-order chi connectivity index (χ1) is 18.5. The van der Waals surface area contributed by atoms with Crippen LogP contribution in [0, 0.1) is 31.1 Å². The summed E-state index contributed by atoms with van der Waals surface area (Å²) in [4.78, 5) is 40.2. The van der Waals surface area contributed by atoms with Gasteiger partial charge in [0.1, 0.15) is 11.7 Å². The first-order valence-corrected chi connectivity index (χ1v) is 13.7. The van der Waals surface area contributed by atoms with Crippen LogP contribution in [0.5, 0.6) is 0 Å². The van der Waals surface area contributed by atoms with Gasteiger partial charge in [0.05, 0.1) is 17.0 Å². The van der Waals surface area contributed by atoms with E-state index in [2.05, 4.69) is 14.9 Å². The average Bonchev–Trinajstić information content (AvgIpc) is 3.48. The lowest BCUT2D eigenvalue weighted by Crippen LogP contribution is -2.64. The van der Waals surface area contributed by atoms with E-state index in [9.17, 15) is 22.8 Å². The highest BCUT2D eigenvalue weighted by atomic mass is 19.4. The van der Waals surface area contributed by atoms with Gasteiger partial charge in [0, 0.05) is 44.7 Å². The fourth-order valence-corrected chi connectivity index (χ4v) is 7.02. The molecule has 7 nitrogen and oxygen atoms in total. The van der Waals surface area contributed by atoms with Crippen LogP contribution in [0.1, 0.15) is 46.6 Å². The van der Waals surface area contributed by atoms with Gasteiger partial charge < -0.3 is 14.7 Å². The molecule has 10 heteroatoms. The van der Waals surface area contributed by atoms with Gasteiger partial charge >= 0.3 is 6.18 Å². The zero-order valence-corrected chi connectivity index (χ0v) is 22.4. The Bertz CT molecular complexity index is 1240. The summed E-state index contributed by atoms with van der Waals surface area (Å²) in [6.45, 7) is 8.34. The number of aromatic nitrogens is 2. The van der Waals surface area contributed by atoms with Crippen molar-refractivity contribution in [2.24, 2.45) is 17.3 Å². The van der Waals surface area contributed by atoms with Crippen LogP contribution in [0.3, 0.4) is 0 Å². The van der Waals surface area contributed by atoms with E-state index in [-0.39, 0.29) is 24.2 Å². The molecule has 2 unspecified atom stereocenters. The second kappa shape index (κ2) is 9.28. The van der Waals surface area contributed by atoms with Gasteiger partial charge in [-0.25, -0.2) is 9.97 Å². The van der Waals surface area contributed by atoms with Crippen LogP contribution < -0.4 is 0 Å². The molecule has 2 aromatic rings. The standard InChI is InChI=1S/C29H34F3N5O2/c1-19-24(20(2)34-18-33-19)25(38)36-14-21-12-35(13-22(21)15-36)11-10-27(23-6-4-3-5-7-23)16-37(17-27)26(39)28(8-9-28)29(30,31)32/h3-7,18,21-22H,8-17H2,1-2H3. The SMILES string of the molecule is Cc1ncnc(C)c1C(=O)N1CC2CN(CCC3(c4ccccc4)CN(C(=O)C4(C(F)(F)F)CC4)C3)CC2C1. The molecule has 1 aromatic heterocycles. The number of benzene rings is 1. The molecule has 39 heavy (non-hydrogen) atoms. The molecular weight excluding hydrogens is 507 g/mol. The van der Waals surface area contributed by atoms with E-state index in [4.69, 9.17) is 0 Å². The summed E-state index contributed by atoms with van der Waals surface area (Å²) in [5, 5.41) is 0. The van der Waals surface area contributed by atoms with Crippen LogP contribution in [0.4, 0.5) is 13.2 Å². The van der Waals surface area contributed by atoms with Gasteiger partial charge in [-0.3, -0.25) is 9.59 Å². The number of halogens is 3. The Labute approximate surface area is 226 Å². The predicted molar refractivity (Wildman–Crippen MR) is 138 cm³/mol. The molecular formula is C29H34F3N5O2. The maximum atomic E-state index is 13.6. The van der Waals surface area contributed by atoms with E-state index in [0.717, 1.165) is 31.6 Å². The molecule has 4 fully saturated rings. The van der Waals surface area contributed by atoms with Crippen LogP contribution in [0.15, 0.2) is 36.7 Å². The zero-order valence-electron chi connectivity index (χ0n) is 22.4. The second-order valence-corrected chi connectivity index (χ2v) is 12.0. The molecule has 0 spiro atoms. The molecule has 0 N–H and O–H groups in total. The number of nitrogens with zero attached hydrogens (tertiary/aromatic N) is 5. The number of fused-ring (bicyclic) bond motifs is 1. The normalized spacial score (nSPS) is 25.4. The van der Waals surface area contributed by atoms with Gasteiger partial charge in [0.2, 0.25) is 5.91 Å². The summed E-state index contributed by atoms with van der Waals surface area (Å²) >= 11 is 0. The topological polar surface area (TPSA) is 69.6 Å². The molecule has 3 aliphatic heterocycles. The number of aryl methyl sites for hydroxylation is 2. The molecule has 1 aromatic carbocycles. The fraction of sp³-hybridized carbons (Fsp3) is 0.586. The van der Waals surface area contributed by atoms with E-state index >= 15 is 0 Å². The number of alkyl halides is 3. The minimum Gasteiger partial charge on any atom is -0.340 e. The molecule has 2 amide bonds. The molecule has 4 heterocycles. The molecule has 3 saturated heterocycles. The van der Waals surface area contributed by atoms with Crippen molar-refractivity contribution in [1.29, 1.82) is 0 Å². The molecule has 0 bridgehead atoms. The Kier molecular flexibility index (Phi) is 6.24. The minimum absolute atomic E-state index is 0.00102. The summed E-state index contributed by atoms with van der Waals surface area (Å²) in [7, 11) is 0. The largest absolute Gasteiger partial charge is 0.403 e.